The third-order valence-corrected chi connectivity index (χ3v) is 4.64. The van der Waals surface area contributed by atoms with Gasteiger partial charge in [0.1, 0.15) is 17.6 Å². The largest absolute Gasteiger partial charge is 0.482 e. The number of aromatic nitrogens is 3. The number of carbonyl (C=O) groups excluding carboxylic acids is 3. The minimum Gasteiger partial charge on any atom is -0.482 e. The molecule has 0 atom stereocenters. The number of benzene rings is 1. The number of nitrogen functional groups attached to an aromatic ring is 1. The first-order chi connectivity index (χ1) is 15.5. The van der Waals surface area contributed by atoms with Crippen molar-refractivity contribution < 1.29 is 19.1 Å². The number of nitrogens with two attached hydrogens (primary N) is 1. The van der Waals surface area contributed by atoms with Crippen molar-refractivity contribution in [2.24, 2.45) is 5.41 Å². The van der Waals surface area contributed by atoms with E-state index in [0.29, 0.717) is 34.6 Å². The lowest BCUT2D eigenvalue weighted by molar-refractivity contribution is -0.118. The van der Waals surface area contributed by atoms with Crippen molar-refractivity contribution >= 4 is 51.1 Å². The monoisotopic (exact) mass is 472 g/mol. The maximum atomic E-state index is 12.4. The van der Waals surface area contributed by atoms with Gasteiger partial charge in [0.15, 0.2) is 12.3 Å². The quantitative estimate of drug-likeness (QED) is 0.426. The second-order valence-corrected chi connectivity index (χ2v) is 9.05. The van der Waals surface area contributed by atoms with Gasteiger partial charge in [-0.2, -0.15) is 0 Å². The van der Waals surface area contributed by atoms with Gasteiger partial charge in [-0.3, -0.25) is 14.4 Å². The maximum Gasteiger partial charge on any atom is 0.272 e. The third-order valence-electron chi connectivity index (χ3n) is 4.51. The van der Waals surface area contributed by atoms with Crippen LogP contribution in [-0.4, -0.2) is 38.6 Å². The molecule has 0 saturated carbocycles. The van der Waals surface area contributed by atoms with Crippen LogP contribution in [0.25, 0.3) is 11.0 Å². The van der Waals surface area contributed by atoms with Gasteiger partial charge in [0, 0.05) is 19.2 Å². The lowest BCUT2D eigenvalue weighted by Crippen LogP contribution is -2.26. The SMILES string of the molecule is CC(C)(C)CC(=O)Cl.Nc1c[nH]c2c(C(=O)NCc3ccc4c(c3)NC(=O)CO4)ncnc12. The highest BCUT2D eigenvalue weighted by molar-refractivity contribution is 6.63. The summed E-state index contributed by atoms with van der Waals surface area (Å²) in [6.45, 7) is 6.21. The Hall–Kier alpha value is -3.66. The van der Waals surface area contributed by atoms with Crippen molar-refractivity contribution in [3.05, 3.63) is 42.0 Å². The summed E-state index contributed by atoms with van der Waals surface area (Å²) in [5, 5.41) is 5.27. The van der Waals surface area contributed by atoms with Crippen LogP contribution in [0.3, 0.4) is 0 Å². The van der Waals surface area contributed by atoms with Crippen molar-refractivity contribution in [2.45, 2.75) is 33.7 Å². The number of fused-ring (bicyclic) bond motifs is 2. The Morgan fingerprint density at radius 1 is 1.27 bits per heavy atom. The summed E-state index contributed by atoms with van der Waals surface area (Å²) >= 11 is 5.12. The first kappa shape index (κ1) is 24.0. The highest BCUT2D eigenvalue weighted by Crippen LogP contribution is 2.28. The Labute approximate surface area is 195 Å². The second kappa shape index (κ2) is 9.86. The van der Waals surface area contributed by atoms with Crippen LogP contribution in [0.5, 0.6) is 5.75 Å². The molecule has 1 aliphatic heterocycles. The molecule has 0 saturated heterocycles. The Morgan fingerprint density at radius 2 is 2.03 bits per heavy atom. The van der Waals surface area contributed by atoms with Crippen molar-refractivity contribution in [3.8, 4) is 5.75 Å². The highest BCUT2D eigenvalue weighted by Gasteiger charge is 2.18. The molecule has 0 bridgehead atoms. The van der Waals surface area contributed by atoms with Crippen LogP contribution in [0, 0.1) is 5.41 Å². The smallest absolute Gasteiger partial charge is 0.272 e. The van der Waals surface area contributed by atoms with E-state index < -0.39 is 0 Å². The predicted octanol–water partition coefficient (Wildman–Crippen LogP) is 2.99. The van der Waals surface area contributed by atoms with Gasteiger partial charge in [0.05, 0.1) is 16.9 Å². The molecule has 0 fully saturated rings. The number of halogens is 1. The van der Waals surface area contributed by atoms with E-state index in [9.17, 15) is 14.4 Å². The molecule has 174 valence electrons. The summed E-state index contributed by atoms with van der Waals surface area (Å²) in [5.74, 6) is 0.0442. The number of anilines is 2. The van der Waals surface area contributed by atoms with E-state index in [1.807, 2.05) is 26.8 Å². The molecule has 2 aromatic heterocycles. The minimum atomic E-state index is -0.354. The van der Waals surface area contributed by atoms with Gasteiger partial charge in [-0.1, -0.05) is 26.8 Å². The van der Waals surface area contributed by atoms with Gasteiger partial charge in [0.2, 0.25) is 5.24 Å². The van der Waals surface area contributed by atoms with Crippen molar-refractivity contribution in [3.63, 3.8) is 0 Å². The zero-order chi connectivity index (χ0) is 24.2. The molecule has 0 radical (unpaired) electrons. The molecule has 11 heteroatoms. The lowest BCUT2D eigenvalue weighted by Gasteiger charge is -2.18. The van der Waals surface area contributed by atoms with Crippen molar-refractivity contribution in [1.29, 1.82) is 0 Å². The summed E-state index contributed by atoms with van der Waals surface area (Å²) in [6.07, 6.45) is 3.32. The minimum absolute atomic E-state index is 0.00602. The molecular formula is C22H25ClN6O4. The Bertz CT molecular complexity index is 1200. The molecule has 33 heavy (non-hydrogen) atoms. The van der Waals surface area contributed by atoms with E-state index in [4.69, 9.17) is 22.1 Å². The fourth-order valence-electron chi connectivity index (χ4n) is 3.05. The predicted molar refractivity (Wildman–Crippen MR) is 125 cm³/mol. The third kappa shape index (κ3) is 6.42. The van der Waals surface area contributed by atoms with Crippen molar-refractivity contribution in [2.75, 3.05) is 17.7 Å². The average molecular weight is 473 g/mol. The van der Waals surface area contributed by atoms with E-state index in [1.165, 1.54) is 6.33 Å². The molecule has 3 aromatic rings. The van der Waals surface area contributed by atoms with Gasteiger partial charge in [-0.25, -0.2) is 9.97 Å². The number of rotatable bonds is 4. The van der Waals surface area contributed by atoms with E-state index in [1.54, 1.807) is 18.3 Å². The molecule has 0 unspecified atom stereocenters. The second-order valence-electron chi connectivity index (χ2n) is 8.63. The molecule has 0 spiro atoms. The van der Waals surface area contributed by atoms with Gasteiger partial charge in [-0.05, 0) is 34.7 Å². The van der Waals surface area contributed by atoms with Gasteiger partial charge >= 0.3 is 0 Å². The Kier molecular flexibility index (Phi) is 7.17. The first-order valence-electron chi connectivity index (χ1n) is 10.1. The zero-order valence-electron chi connectivity index (χ0n) is 18.5. The van der Waals surface area contributed by atoms with Crippen LogP contribution in [-0.2, 0) is 16.1 Å². The van der Waals surface area contributed by atoms with Crippen LogP contribution in [0.4, 0.5) is 11.4 Å². The van der Waals surface area contributed by atoms with Crippen LogP contribution >= 0.6 is 11.6 Å². The number of amides is 2. The fraction of sp³-hybridized carbons (Fsp3) is 0.318. The molecule has 1 aromatic carbocycles. The maximum absolute atomic E-state index is 12.4. The summed E-state index contributed by atoms with van der Waals surface area (Å²) in [7, 11) is 0. The summed E-state index contributed by atoms with van der Waals surface area (Å²) < 4.78 is 5.30. The van der Waals surface area contributed by atoms with Crippen LogP contribution in [0.15, 0.2) is 30.7 Å². The van der Waals surface area contributed by atoms with E-state index in [2.05, 4.69) is 25.6 Å². The number of nitrogens with zero attached hydrogens (tertiary/aromatic N) is 2. The van der Waals surface area contributed by atoms with Gasteiger partial charge in [0.25, 0.3) is 11.8 Å². The summed E-state index contributed by atoms with van der Waals surface area (Å²) in [6, 6.07) is 5.33. The van der Waals surface area contributed by atoms with E-state index in [-0.39, 0.29) is 41.3 Å². The number of nitrogens with one attached hydrogen (secondary N) is 3. The standard InChI is InChI=1S/C16H14N6O3.C6H11ClO/c17-9-5-18-14-13(9)20-7-21-15(14)16(24)19-4-8-1-2-11-10(3-8)22-12(23)6-25-11;1-6(2,3)4-5(7)8/h1-3,5,7,18H,4,6,17H2,(H,19,24)(H,22,23);4H2,1-3H3. The number of ether oxygens (including phenoxy) is 1. The molecule has 1 aliphatic rings. The molecule has 10 nitrogen and oxygen atoms in total. The molecule has 5 N–H and O–H groups in total. The Morgan fingerprint density at radius 3 is 2.70 bits per heavy atom. The Balaban J connectivity index is 0.000000331. The number of hydrogen-bond acceptors (Lipinski definition) is 7. The van der Waals surface area contributed by atoms with E-state index in [0.717, 1.165) is 5.56 Å². The topological polar surface area (TPSA) is 152 Å². The number of carbonyl (C=O) groups is 3. The molecule has 2 amide bonds. The molecule has 3 heterocycles. The number of hydrogen-bond donors (Lipinski definition) is 4. The summed E-state index contributed by atoms with van der Waals surface area (Å²) in [5.41, 5.74) is 8.90. The van der Waals surface area contributed by atoms with Gasteiger partial charge < -0.3 is 26.1 Å². The van der Waals surface area contributed by atoms with Crippen molar-refractivity contribution in [1.82, 2.24) is 20.3 Å². The molecule has 0 aliphatic carbocycles. The van der Waals surface area contributed by atoms with Gasteiger partial charge in [-0.15, -0.1) is 0 Å². The number of aromatic amines is 1. The molecule has 4 rings (SSSR count). The highest BCUT2D eigenvalue weighted by atomic mass is 35.5. The van der Waals surface area contributed by atoms with Crippen LogP contribution in [0.2, 0.25) is 0 Å². The van der Waals surface area contributed by atoms with E-state index >= 15 is 0 Å². The van der Waals surface area contributed by atoms with Crippen LogP contribution < -0.4 is 21.1 Å². The lowest BCUT2D eigenvalue weighted by atomic mass is 9.93. The first-order valence-corrected chi connectivity index (χ1v) is 10.5. The van der Waals surface area contributed by atoms with Crippen LogP contribution in [0.1, 0.15) is 43.2 Å². The molecular weight excluding hydrogens is 448 g/mol. The average Bonchev–Trinajstić information content (AvgIpc) is 3.11. The number of H-pyrrole nitrogens is 1. The fourth-order valence-corrected chi connectivity index (χ4v) is 3.46. The normalized spacial score (nSPS) is 12.7. The summed E-state index contributed by atoms with van der Waals surface area (Å²) in [4.78, 5) is 45.0. The zero-order valence-corrected chi connectivity index (χ0v) is 19.2.